The van der Waals surface area contributed by atoms with Crippen molar-refractivity contribution in [3.63, 3.8) is 0 Å². The number of sulfonamides is 1. The number of carbonyl (C=O) groups excluding carboxylic acids is 1. The van der Waals surface area contributed by atoms with Crippen LogP contribution in [-0.2, 0) is 21.2 Å². The van der Waals surface area contributed by atoms with Gasteiger partial charge in [0.1, 0.15) is 6.04 Å². The second kappa shape index (κ2) is 9.62. The second-order valence-corrected chi connectivity index (χ2v) is 9.32. The third-order valence-electron chi connectivity index (χ3n) is 4.41. The van der Waals surface area contributed by atoms with E-state index in [4.69, 9.17) is 23.2 Å². The highest BCUT2D eigenvalue weighted by molar-refractivity contribution is 7.89. The predicted molar refractivity (Wildman–Crippen MR) is 121 cm³/mol. The summed E-state index contributed by atoms with van der Waals surface area (Å²) in [5, 5.41) is 3.35. The van der Waals surface area contributed by atoms with Gasteiger partial charge in [-0.2, -0.15) is 4.72 Å². The highest BCUT2D eigenvalue weighted by atomic mass is 35.5. The lowest BCUT2D eigenvalue weighted by molar-refractivity contribution is -0.117. The van der Waals surface area contributed by atoms with E-state index in [0.717, 1.165) is 11.1 Å². The Hall–Kier alpha value is -2.38. The SMILES string of the molecule is Cc1ccc(S(=O)(=O)N[C@H](Cc2ccccc2)C(=O)Nc2ccc(Cl)c(Cl)c2)cc1. The second-order valence-electron chi connectivity index (χ2n) is 6.79. The molecule has 2 N–H and O–H groups in total. The van der Waals surface area contributed by atoms with Crippen LogP contribution in [0.5, 0.6) is 0 Å². The van der Waals surface area contributed by atoms with Gasteiger partial charge in [-0.1, -0.05) is 71.2 Å². The van der Waals surface area contributed by atoms with Crippen LogP contribution in [0.3, 0.4) is 0 Å². The molecule has 5 nitrogen and oxygen atoms in total. The molecule has 0 aliphatic rings. The summed E-state index contributed by atoms with van der Waals surface area (Å²) < 4.78 is 28.3. The number of halogens is 2. The zero-order chi connectivity index (χ0) is 21.7. The summed E-state index contributed by atoms with van der Waals surface area (Å²) in [6, 6.07) is 19.2. The maximum absolute atomic E-state index is 13.0. The molecule has 0 saturated carbocycles. The number of hydrogen-bond donors (Lipinski definition) is 2. The largest absolute Gasteiger partial charge is 0.325 e. The summed E-state index contributed by atoms with van der Waals surface area (Å²) in [7, 11) is -3.91. The third-order valence-corrected chi connectivity index (χ3v) is 6.64. The Morgan fingerprint density at radius 2 is 1.60 bits per heavy atom. The van der Waals surface area contributed by atoms with E-state index in [9.17, 15) is 13.2 Å². The molecule has 0 fully saturated rings. The van der Waals surface area contributed by atoms with Crippen molar-refractivity contribution >= 4 is 44.8 Å². The Bertz CT molecular complexity index is 1130. The molecule has 0 saturated heterocycles. The fourth-order valence-corrected chi connectivity index (χ4v) is 4.31. The van der Waals surface area contributed by atoms with Crippen molar-refractivity contribution in [2.24, 2.45) is 0 Å². The van der Waals surface area contributed by atoms with Crippen LogP contribution >= 0.6 is 23.2 Å². The predicted octanol–water partition coefficient (Wildman–Crippen LogP) is 4.83. The third kappa shape index (κ3) is 5.83. The standard InChI is InChI=1S/C22H20Cl2N2O3S/c1-15-7-10-18(11-8-15)30(28,29)26-21(13-16-5-3-2-4-6-16)22(27)25-17-9-12-19(23)20(24)14-17/h2-12,14,21,26H,13H2,1H3,(H,25,27)/t21-/m1/s1. The number of rotatable bonds is 7. The van der Waals surface area contributed by atoms with Crippen LogP contribution in [-0.4, -0.2) is 20.4 Å². The molecule has 1 atom stereocenters. The Kier molecular flexibility index (Phi) is 7.15. The van der Waals surface area contributed by atoms with Gasteiger partial charge < -0.3 is 5.32 Å². The van der Waals surface area contributed by atoms with E-state index in [1.165, 1.54) is 18.2 Å². The fraction of sp³-hybridized carbons (Fsp3) is 0.136. The van der Waals surface area contributed by atoms with E-state index in [0.29, 0.717) is 10.7 Å². The maximum Gasteiger partial charge on any atom is 0.242 e. The van der Waals surface area contributed by atoms with Crippen LogP contribution in [0.2, 0.25) is 10.0 Å². The van der Waals surface area contributed by atoms with Gasteiger partial charge in [0.15, 0.2) is 0 Å². The van der Waals surface area contributed by atoms with Crippen molar-refractivity contribution in [1.82, 2.24) is 4.72 Å². The molecule has 156 valence electrons. The first-order valence-electron chi connectivity index (χ1n) is 9.13. The van der Waals surface area contributed by atoms with Crippen molar-refractivity contribution in [2.75, 3.05) is 5.32 Å². The summed E-state index contributed by atoms with van der Waals surface area (Å²) in [6.07, 6.45) is 0.180. The van der Waals surface area contributed by atoms with Gasteiger partial charge in [-0.05, 0) is 49.2 Å². The molecule has 1 amide bonds. The van der Waals surface area contributed by atoms with Gasteiger partial charge in [-0.3, -0.25) is 4.79 Å². The number of aryl methyl sites for hydroxylation is 1. The van der Waals surface area contributed by atoms with Crippen LogP contribution in [0, 0.1) is 6.92 Å². The average molecular weight is 463 g/mol. The molecular weight excluding hydrogens is 443 g/mol. The molecule has 0 radical (unpaired) electrons. The van der Waals surface area contributed by atoms with E-state index in [-0.39, 0.29) is 16.3 Å². The summed E-state index contributed by atoms with van der Waals surface area (Å²) in [5.74, 6) is -0.507. The van der Waals surface area contributed by atoms with Crippen molar-refractivity contribution in [3.8, 4) is 0 Å². The monoisotopic (exact) mass is 462 g/mol. The molecule has 30 heavy (non-hydrogen) atoms. The van der Waals surface area contributed by atoms with E-state index in [1.807, 2.05) is 37.3 Å². The van der Waals surface area contributed by atoms with Crippen LogP contribution in [0.4, 0.5) is 5.69 Å². The first kappa shape index (κ1) is 22.3. The average Bonchev–Trinajstić information content (AvgIpc) is 2.71. The molecule has 3 aromatic carbocycles. The summed E-state index contributed by atoms with van der Waals surface area (Å²) in [6.45, 7) is 1.87. The lowest BCUT2D eigenvalue weighted by Crippen LogP contribution is -2.45. The Morgan fingerprint density at radius 1 is 0.933 bits per heavy atom. The molecule has 8 heteroatoms. The van der Waals surface area contributed by atoms with E-state index in [2.05, 4.69) is 10.0 Å². The van der Waals surface area contributed by atoms with Crippen molar-refractivity contribution in [2.45, 2.75) is 24.3 Å². The first-order chi connectivity index (χ1) is 14.2. The zero-order valence-electron chi connectivity index (χ0n) is 16.1. The molecular formula is C22H20Cl2N2O3S. The normalized spacial score (nSPS) is 12.4. The van der Waals surface area contributed by atoms with Crippen molar-refractivity contribution < 1.29 is 13.2 Å². The first-order valence-corrected chi connectivity index (χ1v) is 11.4. The van der Waals surface area contributed by atoms with E-state index >= 15 is 0 Å². The van der Waals surface area contributed by atoms with E-state index in [1.54, 1.807) is 24.3 Å². The fourth-order valence-electron chi connectivity index (χ4n) is 2.81. The van der Waals surface area contributed by atoms with Crippen molar-refractivity contribution in [1.29, 1.82) is 0 Å². The van der Waals surface area contributed by atoms with Crippen LogP contribution in [0.1, 0.15) is 11.1 Å². The molecule has 3 aromatic rings. The number of nitrogens with one attached hydrogen (secondary N) is 2. The quantitative estimate of drug-likeness (QED) is 0.527. The topological polar surface area (TPSA) is 75.3 Å². The minimum atomic E-state index is -3.91. The zero-order valence-corrected chi connectivity index (χ0v) is 18.4. The minimum Gasteiger partial charge on any atom is -0.325 e. The Labute approximate surface area is 186 Å². The summed E-state index contributed by atoms with van der Waals surface area (Å²) >= 11 is 11.9. The molecule has 0 aliphatic carbocycles. The summed E-state index contributed by atoms with van der Waals surface area (Å²) in [4.78, 5) is 13.1. The number of carbonyl (C=O) groups is 1. The van der Waals surface area contributed by atoms with Gasteiger partial charge in [0, 0.05) is 5.69 Å². The van der Waals surface area contributed by atoms with Crippen LogP contribution < -0.4 is 10.0 Å². The Morgan fingerprint density at radius 3 is 2.23 bits per heavy atom. The lowest BCUT2D eigenvalue weighted by Gasteiger charge is -2.19. The molecule has 0 heterocycles. The molecule has 0 unspecified atom stereocenters. The number of anilines is 1. The smallest absolute Gasteiger partial charge is 0.242 e. The Balaban J connectivity index is 1.86. The highest BCUT2D eigenvalue weighted by Crippen LogP contribution is 2.25. The molecule has 0 aliphatic heterocycles. The van der Waals surface area contributed by atoms with E-state index < -0.39 is 22.0 Å². The number of amides is 1. The maximum atomic E-state index is 13.0. The van der Waals surface area contributed by atoms with Gasteiger partial charge in [-0.25, -0.2) is 8.42 Å². The number of benzene rings is 3. The van der Waals surface area contributed by atoms with Gasteiger partial charge in [0.2, 0.25) is 15.9 Å². The molecule has 0 aromatic heterocycles. The highest BCUT2D eigenvalue weighted by Gasteiger charge is 2.26. The van der Waals surface area contributed by atoms with Crippen LogP contribution in [0.15, 0.2) is 77.7 Å². The summed E-state index contributed by atoms with van der Waals surface area (Å²) in [5.41, 5.74) is 2.17. The van der Waals surface area contributed by atoms with Crippen molar-refractivity contribution in [3.05, 3.63) is 94.0 Å². The van der Waals surface area contributed by atoms with Crippen LogP contribution in [0.25, 0.3) is 0 Å². The molecule has 0 bridgehead atoms. The lowest BCUT2D eigenvalue weighted by atomic mass is 10.1. The van der Waals surface area contributed by atoms with Gasteiger partial charge >= 0.3 is 0 Å². The van der Waals surface area contributed by atoms with Gasteiger partial charge in [-0.15, -0.1) is 0 Å². The molecule has 3 rings (SSSR count). The van der Waals surface area contributed by atoms with Gasteiger partial charge in [0.25, 0.3) is 0 Å². The molecule has 0 spiro atoms. The number of hydrogen-bond acceptors (Lipinski definition) is 3. The van der Waals surface area contributed by atoms with Gasteiger partial charge in [0.05, 0.1) is 14.9 Å². The minimum absolute atomic E-state index is 0.0912.